The lowest BCUT2D eigenvalue weighted by atomic mass is 10.3. The lowest BCUT2D eigenvalue weighted by molar-refractivity contribution is 0.470. The Labute approximate surface area is 81.8 Å². The molecule has 0 spiro atoms. The molecule has 1 aromatic heterocycles. The van der Waals surface area contributed by atoms with Crippen molar-refractivity contribution >= 4 is 5.82 Å². The fourth-order valence-electron chi connectivity index (χ4n) is 1.33. The minimum absolute atomic E-state index is 0.215. The molecule has 2 N–H and O–H groups in total. The fraction of sp³-hybridized carbons (Fsp3) is 0.100. The number of nitrogens with one attached hydrogen (secondary N) is 1. The van der Waals surface area contributed by atoms with Gasteiger partial charge in [-0.3, -0.25) is 0 Å². The van der Waals surface area contributed by atoms with E-state index in [2.05, 4.69) is 10.4 Å². The van der Waals surface area contributed by atoms with Crippen molar-refractivity contribution in [1.82, 2.24) is 9.78 Å². The first kappa shape index (κ1) is 8.62. The van der Waals surface area contributed by atoms with Crippen LogP contribution in [-0.4, -0.2) is 21.9 Å². The van der Waals surface area contributed by atoms with E-state index in [1.54, 1.807) is 23.0 Å². The second kappa shape index (κ2) is 3.41. The van der Waals surface area contributed by atoms with Crippen LogP contribution in [-0.2, 0) is 0 Å². The van der Waals surface area contributed by atoms with Gasteiger partial charge < -0.3 is 10.4 Å². The van der Waals surface area contributed by atoms with Crippen molar-refractivity contribution < 1.29 is 5.11 Å². The summed E-state index contributed by atoms with van der Waals surface area (Å²) in [4.78, 5) is 0. The van der Waals surface area contributed by atoms with E-state index in [-0.39, 0.29) is 5.75 Å². The van der Waals surface area contributed by atoms with Crippen LogP contribution in [0, 0.1) is 0 Å². The van der Waals surface area contributed by atoms with Crippen LogP contribution in [0.1, 0.15) is 0 Å². The molecule has 1 heterocycles. The number of para-hydroxylation sites is 2. The van der Waals surface area contributed by atoms with Gasteiger partial charge in [0, 0.05) is 13.1 Å². The maximum absolute atomic E-state index is 9.61. The zero-order chi connectivity index (χ0) is 9.97. The van der Waals surface area contributed by atoms with Gasteiger partial charge in [0.05, 0.1) is 6.20 Å². The molecule has 0 aliphatic rings. The smallest absolute Gasteiger partial charge is 0.141 e. The Morgan fingerprint density at radius 1 is 1.29 bits per heavy atom. The highest BCUT2D eigenvalue weighted by Crippen LogP contribution is 2.22. The zero-order valence-corrected chi connectivity index (χ0v) is 7.81. The highest BCUT2D eigenvalue weighted by Gasteiger charge is 2.06. The molecule has 4 heteroatoms. The summed E-state index contributed by atoms with van der Waals surface area (Å²) in [5.41, 5.74) is 0.668. The number of benzene rings is 1. The largest absolute Gasteiger partial charge is 0.506 e. The highest BCUT2D eigenvalue weighted by atomic mass is 16.3. The van der Waals surface area contributed by atoms with E-state index in [1.165, 1.54) is 0 Å². The van der Waals surface area contributed by atoms with E-state index in [9.17, 15) is 5.11 Å². The van der Waals surface area contributed by atoms with E-state index in [0.29, 0.717) is 5.69 Å². The van der Waals surface area contributed by atoms with Crippen LogP contribution in [0.3, 0.4) is 0 Å². The Bertz CT molecular complexity index is 436. The van der Waals surface area contributed by atoms with Gasteiger partial charge in [-0.2, -0.15) is 5.10 Å². The summed E-state index contributed by atoms with van der Waals surface area (Å²) in [7, 11) is 1.81. The summed E-state index contributed by atoms with van der Waals surface area (Å²) < 4.78 is 1.65. The standard InChI is InChI=1S/C10H11N3O/c1-11-10-6-7-12-13(10)8-4-2-3-5-9(8)14/h2-7,11,14H,1H3. The van der Waals surface area contributed by atoms with Crippen molar-refractivity contribution in [2.75, 3.05) is 12.4 Å². The molecule has 1 aromatic carbocycles. The third-order valence-corrected chi connectivity index (χ3v) is 2.01. The second-order valence-corrected chi connectivity index (χ2v) is 2.87. The number of hydrogen-bond donors (Lipinski definition) is 2. The lowest BCUT2D eigenvalue weighted by Crippen LogP contribution is -2.01. The SMILES string of the molecule is CNc1ccnn1-c1ccccc1O. The highest BCUT2D eigenvalue weighted by molar-refractivity contribution is 5.51. The molecule has 0 amide bonds. The topological polar surface area (TPSA) is 50.1 Å². The van der Waals surface area contributed by atoms with Gasteiger partial charge in [0.15, 0.2) is 0 Å². The second-order valence-electron chi connectivity index (χ2n) is 2.87. The average Bonchev–Trinajstić information content (AvgIpc) is 2.66. The lowest BCUT2D eigenvalue weighted by Gasteiger charge is -2.07. The number of aromatic hydroxyl groups is 1. The minimum Gasteiger partial charge on any atom is -0.506 e. The number of hydrogen-bond acceptors (Lipinski definition) is 3. The first-order valence-electron chi connectivity index (χ1n) is 4.33. The third kappa shape index (κ3) is 1.31. The molecule has 2 aromatic rings. The Morgan fingerprint density at radius 3 is 2.79 bits per heavy atom. The van der Waals surface area contributed by atoms with Crippen molar-refractivity contribution in [2.24, 2.45) is 0 Å². The van der Waals surface area contributed by atoms with Crippen molar-refractivity contribution in [3.05, 3.63) is 36.5 Å². The van der Waals surface area contributed by atoms with E-state index < -0.39 is 0 Å². The maximum atomic E-state index is 9.61. The Balaban J connectivity index is 2.54. The van der Waals surface area contributed by atoms with Crippen LogP contribution >= 0.6 is 0 Å². The number of phenolic OH excluding ortho intramolecular Hbond substituents is 1. The molecule has 14 heavy (non-hydrogen) atoms. The summed E-state index contributed by atoms with van der Waals surface area (Å²) in [6, 6.07) is 8.92. The van der Waals surface area contributed by atoms with Crippen molar-refractivity contribution in [3.63, 3.8) is 0 Å². The predicted octanol–water partition coefficient (Wildman–Crippen LogP) is 1.62. The zero-order valence-electron chi connectivity index (χ0n) is 7.81. The van der Waals surface area contributed by atoms with Crippen molar-refractivity contribution in [2.45, 2.75) is 0 Å². The molecule has 0 aliphatic heterocycles. The van der Waals surface area contributed by atoms with Crippen LogP contribution in [0.4, 0.5) is 5.82 Å². The summed E-state index contributed by atoms with van der Waals surface area (Å²) in [6.45, 7) is 0. The number of phenols is 1. The molecule has 0 fully saturated rings. The van der Waals surface area contributed by atoms with Crippen LogP contribution < -0.4 is 5.32 Å². The summed E-state index contributed by atoms with van der Waals surface area (Å²) in [5, 5.41) is 16.7. The van der Waals surface area contributed by atoms with Gasteiger partial charge in [-0.15, -0.1) is 0 Å². The number of anilines is 1. The van der Waals surface area contributed by atoms with E-state index in [1.807, 2.05) is 25.2 Å². The van der Waals surface area contributed by atoms with Crippen LogP contribution in [0.5, 0.6) is 5.75 Å². The van der Waals surface area contributed by atoms with Gasteiger partial charge in [0.25, 0.3) is 0 Å². The molecule has 0 saturated carbocycles. The molecule has 0 atom stereocenters. The van der Waals surface area contributed by atoms with Gasteiger partial charge in [-0.1, -0.05) is 12.1 Å². The molecule has 0 radical (unpaired) electrons. The number of aromatic nitrogens is 2. The van der Waals surface area contributed by atoms with Crippen LogP contribution in [0.25, 0.3) is 5.69 Å². The molecular formula is C10H11N3O. The van der Waals surface area contributed by atoms with E-state index >= 15 is 0 Å². The van der Waals surface area contributed by atoms with Gasteiger partial charge in [-0.05, 0) is 12.1 Å². The minimum atomic E-state index is 0.215. The molecule has 2 rings (SSSR count). The summed E-state index contributed by atoms with van der Waals surface area (Å²) in [5.74, 6) is 1.05. The maximum Gasteiger partial charge on any atom is 0.141 e. The predicted molar refractivity (Wildman–Crippen MR) is 54.8 cm³/mol. The molecule has 72 valence electrons. The van der Waals surface area contributed by atoms with Gasteiger partial charge >= 0.3 is 0 Å². The third-order valence-electron chi connectivity index (χ3n) is 2.01. The van der Waals surface area contributed by atoms with E-state index in [0.717, 1.165) is 5.82 Å². The quantitative estimate of drug-likeness (QED) is 0.754. The van der Waals surface area contributed by atoms with Gasteiger partial charge in [-0.25, -0.2) is 4.68 Å². The first-order chi connectivity index (χ1) is 6.83. The number of rotatable bonds is 2. The van der Waals surface area contributed by atoms with Crippen molar-refractivity contribution in [3.8, 4) is 11.4 Å². The Hall–Kier alpha value is -1.97. The molecule has 0 bridgehead atoms. The van der Waals surface area contributed by atoms with Crippen LogP contribution in [0.15, 0.2) is 36.5 Å². The molecule has 0 unspecified atom stereocenters. The van der Waals surface area contributed by atoms with Crippen LogP contribution in [0.2, 0.25) is 0 Å². The monoisotopic (exact) mass is 189 g/mol. The first-order valence-corrected chi connectivity index (χ1v) is 4.33. The van der Waals surface area contributed by atoms with E-state index in [4.69, 9.17) is 0 Å². The molecule has 0 saturated heterocycles. The average molecular weight is 189 g/mol. The Morgan fingerprint density at radius 2 is 2.07 bits per heavy atom. The fourth-order valence-corrected chi connectivity index (χ4v) is 1.33. The molecule has 0 aliphatic carbocycles. The Kier molecular flexibility index (Phi) is 2.10. The normalized spacial score (nSPS) is 10.1. The number of nitrogens with zero attached hydrogens (tertiary/aromatic N) is 2. The molecular weight excluding hydrogens is 178 g/mol. The van der Waals surface area contributed by atoms with Gasteiger partial charge in [0.1, 0.15) is 17.3 Å². The summed E-state index contributed by atoms with van der Waals surface area (Å²) in [6.07, 6.45) is 1.68. The summed E-state index contributed by atoms with van der Waals surface area (Å²) >= 11 is 0. The van der Waals surface area contributed by atoms with Crippen molar-refractivity contribution in [1.29, 1.82) is 0 Å². The molecule has 4 nitrogen and oxygen atoms in total. The van der Waals surface area contributed by atoms with Gasteiger partial charge in [0.2, 0.25) is 0 Å².